The molecule has 0 N–H and O–H groups in total. The number of hydrogen-bond acceptors (Lipinski definition) is 1. The molecule has 0 bridgehead atoms. The fourth-order valence-corrected chi connectivity index (χ4v) is 1.17. The van der Waals surface area contributed by atoms with Gasteiger partial charge in [0.25, 0.3) is 0 Å². The summed E-state index contributed by atoms with van der Waals surface area (Å²) >= 11 is 0. The molecule has 0 aliphatic rings. The van der Waals surface area contributed by atoms with Crippen LogP contribution in [0.5, 0.6) is 5.75 Å². The Balaban J connectivity index is 3.02. The summed E-state index contributed by atoms with van der Waals surface area (Å²) in [6, 6.07) is 5.00. The van der Waals surface area contributed by atoms with Crippen LogP contribution in [0.15, 0.2) is 18.2 Å². The van der Waals surface area contributed by atoms with Crippen molar-refractivity contribution in [2.45, 2.75) is 12.6 Å². The molecule has 0 fully saturated rings. The lowest BCUT2D eigenvalue weighted by molar-refractivity contribution is 0.386. The smallest absolute Gasteiger partial charge is 0.165 e. The topological polar surface area (TPSA) is 9.23 Å². The highest BCUT2D eigenvalue weighted by molar-refractivity contribution is 7.17. The van der Waals surface area contributed by atoms with Crippen molar-refractivity contribution in [2.75, 3.05) is 7.11 Å². The number of ether oxygens (including phenoxy) is 1. The first-order valence-electron chi connectivity index (χ1n) is 3.74. The van der Waals surface area contributed by atoms with Gasteiger partial charge in [-0.3, -0.25) is 0 Å². The molecule has 12 heavy (non-hydrogen) atoms. The van der Waals surface area contributed by atoms with Crippen LogP contribution in [-0.2, 0) is 0 Å². The van der Waals surface area contributed by atoms with Crippen molar-refractivity contribution >= 4 is 9.24 Å². The summed E-state index contributed by atoms with van der Waals surface area (Å²) in [6.45, 7) is 1.99. The molecule has 0 amide bonds. The quantitative estimate of drug-likeness (QED) is 0.645. The highest BCUT2D eigenvalue weighted by Crippen LogP contribution is 2.26. The summed E-state index contributed by atoms with van der Waals surface area (Å²) in [4.78, 5) is 0. The van der Waals surface area contributed by atoms with E-state index in [-0.39, 0.29) is 11.5 Å². The number of hydrogen-bond donors (Lipinski definition) is 0. The molecule has 0 radical (unpaired) electrons. The highest BCUT2D eigenvalue weighted by atomic mass is 31.0. The second-order valence-corrected chi connectivity index (χ2v) is 3.68. The maximum atomic E-state index is 13.1. The third-order valence-electron chi connectivity index (χ3n) is 1.70. The summed E-state index contributed by atoms with van der Waals surface area (Å²) < 4.78 is 17.9. The van der Waals surface area contributed by atoms with Gasteiger partial charge in [0, 0.05) is 0 Å². The van der Waals surface area contributed by atoms with Crippen LogP contribution in [0, 0.1) is 5.82 Å². The molecule has 0 aliphatic heterocycles. The predicted molar refractivity (Wildman–Crippen MR) is 51.1 cm³/mol. The molecule has 0 heterocycles. The molecule has 66 valence electrons. The predicted octanol–water partition coefficient (Wildman–Crippen LogP) is 2.77. The fraction of sp³-hybridized carbons (Fsp3) is 0.333. The maximum Gasteiger partial charge on any atom is 0.165 e. The second-order valence-electron chi connectivity index (χ2n) is 2.68. The van der Waals surface area contributed by atoms with E-state index in [9.17, 15) is 4.39 Å². The van der Waals surface area contributed by atoms with Gasteiger partial charge in [0.05, 0.1) is 7.11 Å². The zero-order chi connectivity index (χ0) is 9.14. The molecule has 1 rings (SSSR count). The van der Waals surface area contributed by atoms with E-state index in [0.717, 1.165) is 5.56 Å². The van der Waals surface area contributed by atoms with Gasteiger partial charge in [0.2, 0.25) is 0 Å². The Morgan fingerprint density at radius 1 is 1.50 bits per heavy atom. The zero-order valence-corrected chi connectivity index (χ0v) is 8.33. The molecular formula is C9H12FOP. The van der Waals surface area contributed by atoms with Crippen LogP contribution in [0.4, 0.5) is 4.39 Å². The summed E-state index contributed by atoms with van der Waals surface area (Å²) in [6.07, 6.45) is 0. The Kier molecular flexibility index (Phi) is 3.05. The van der Waals surface area contributed by atoms with E-state index in [0.29, 0.717) is 5.75 Å². The van der Waals surface area contributed by atoms with Gasteiger partial charge >= 0.3 is 0 Å². The van der Waals surface area contributed by atoms with Crippen LogP contribution < -0.4 is 4.74 Å². The Hall–Kier alpha value is -0.620. The van der Waals surface area contributed by atoms with Crippen molar-refractivity contribution in [2.24, 2.45) is 0 Å². The fourth-order valence-electron chi connectivity index (χ4n) is 0.966. The van der Waals surface area contributed by atoms with Crippen molar-refractivity contribution in [3.05, 3.63) is 29.6 Å². The summed E-state index contributed by atoms with van der Waals surface area (Å²) in [5, 5.41) is 0. The number of rotatable bonds is 2. The van der Waals surface area contributed by atoms with E-state index in [1.54, 1.807) is 6.07 Å². The van der Waals surface area contributed by atoms with E-state index in [1.807, 2.05) is 13.0 Å². The largest absolute Gasteiger partial charge is 0.494 e. The molecule has 2 atom stereocenters. The van der Waals surface area contributed by atoms with Crippen molar-refractivity contribution < 1.29 is 9.13 Å². The van der Waals surface area contributed by atoms with Crippen molar-refractivity contribution in [3.63, 3.8) is 0 Å². The molecule has 2 unspecified atom stereocenters. The first-order valence-corrected chi connectivity index (χ1v) is 4.41. The van der Waals surface area contributed by atoms with Crippen LogP contribution in [0.2, 0.25) is 0 Å². The van der Waals surface area contributed by atoms with E-state index >= 15 is 0 Å². The first kappa shape index (κ1) is 9.47. The summed E-state index contributed by atoms with van der Waals surface area (Å²) in [5.74, 6) is -0.00583. The lowest BCUT2D eigenvalue weighted by atomic mass is 10.1. The molecule has 0 spiro atoms. The van der Waals surface area contributed by atoms with Crippen molar-refractivity contribution in [1.82, 2.24) is 0 Å². The molecule has 0 aliphatic carbocycles. The Morgan fingerprint density at radius 2 is 2.17 bits per heavy atom. The van der Waals surface area contributed by atoms with Crippen LogP contribution in [-0.4, -0.2) is 7.11 Å². The summed E-state index contributed by atoms with van der Waals surface area (Å²) in [5.41, 5.74) is 1.23. The Bertz CT molecular complexity index is 273. The normalized spacial score (nSPS) is 12.7. The van der Waals surface area contributed by atoms with Gasteiger partial charge in [-0.25, -0.2) is 4.39 Å². The molecule has 1 nitrogen and oxygen atoms in total. The molecule has 0 saturated heterocycles. The van der Waals surface area contributed by atoms with E-state index in [2.05, 4.69) is 9.24 Å². The zero-order valence-electron chi connectivity index (χ0n) is 7.17. The standard InChI is InChI=1S/C9H12FOP/c1-6(12)7-3-4-9(11-2)8(10)5-7/h3-6H,12H2,1-2H3. The minimum absolute atomic E-state index is 0.269. The second kappa shape index (κ2) is 3.86. The van der Waals surface area contributed by atoms with Crippen molar-refractivity contribution in [3.8, 4) is 5.75 Å². The molecule has 1 aromatic rings. The molecule has 0 saturated carbocycles. The third-order valence-corrected chi connectivity index (χ3v) is 2.09. The van der Waals surface area contributed by atoms with Gasteiger partial charge in [-0.2, -0.15) is 0 Å². The first-order chi connectivity index (χ1) is 5.65. The molecule has 0 aromatic heterocycles. The summed E-state index contributed by atoms with van der Waals surface area (Å²) in [7, 11) is 4.08. The minimum atomic E-state index is -0.302. The van der Waals surface area contributed by atoms with Crippen molar-refractivity contribution in [1.29, 1.82) is 0 Å². The van der Waals surface area contributed by atoms with E-state index < -0.39 is 0 Å². The monoisotopic (exact) mass is 186 g/mol. The average Bonchev–Trinajstić information content (AvgIpc) is 2.04. The SMILES string of the molecule is COc1ccc(C(C)P)cc1F. The maximum absolute atomic E-state index is 13.1. The van der Waals surface area contributed by atoms with Gasteiger partial charge in [-0.05, 0) is 23.4 Å². The third kappa shape index (κ3) is 1.95. The van der Waals surface area contributed by atoms with Gasteiger partial charge in [0.15, 0.2) is 11.6 Å². The highest BCUT2D eigenvalue weighted by Gasteiger charge is 2.05. The van der Waals surface area contributed by atoms with E-state index in [4.69, 9.17) is 4.74 Å². The van der Waals surface area contributed by atoms with Gasteiger partial charge in [-0.15, -0.1) is 9.24 Å². The lowest BCUT2D eigenvalue weighted by Gasteiger charge is -2.07. The Labute approximate surface area is 74.1 Å². The number of methoxy groups -OCH3 is 1. The molecular weight excluding hydrogens is 174 g/mol. The molecule has 3 heteroatoms. The van der Waals surface area contributed by atoms with E-state index in [1.165, 1.54) is 13.2 Å². The van der Waals surface area contributed by atoms with Crippen LogP contribution >= 0.6 is 9.24 Å². The van der Waals surface area contributed by atoms with Gasteiger partial charge < -0.3 is 4.74 Å². The van der Waals surface area contributed by atoms with Crippen LogP contribution in [0.25, 0.3) is 0 Å². The minimum Gasteiger partial charge on any atom is -0.494 e. The van der Waals surface area contributed by atoms with Crippen LogP contribution in [0.3, 0.4) is 0 Å². The number of halogens is 1. The molecule has 1 aromatic carbocycles. The van der Waals surface area contributed by atoms with Crippen LogP contribution in [0.1, 0.15) is 18.1 Å². The Morgan fingerprint density at radius 3 is 2.58 bits per heavy atom. The number of benzene rings is 1. The average molecular weight is 186 g/mol. The van der Waals surface area contributed by atoms with Gasteiger partial charge in [-0.1, -0.05) is 13.0 Å². The lowest BCUT2D eigenvalue weighted by Crippen LogP contribution is -1.90. The van der Waals surface area contributed by atoms with Gasteiger partial charge in [0.1, 0.15) is 0 Å².